The Morgan fingerprint density at radius 1 is 1.07 bits per heavy atom. The molecule has 0 bridgehead atoms. The van der Waals surface area contributed by atoms with Crippen LogP contribution < -0.4 is 16.2 Å². The van der Waals surface area contributed by atoms with E-state index in [1.165, 1.54) is 18.2 Å². The number of para-hydroxylation sites is 1. The summed E-state index contributed by atoms with van der Waals surface area (Å²) in [5.41, 5.74) is 12.1. The second-order valence-corrected chi connectivity index (χ2v) is 6.11. The number of nitrogens with zero attached hydrogens (tertiary/aromatic N) is 5. The van der Waals surface area contributed by atoms with Gasteiger partial charge in [-0.25, -0.2) is 9.37 Å². The molecule has 0 aliphatic carbocycles. The maximum absolute atomic E-state index is 14.5. The SMILES string of the molecule is N#Cc1c(N)nc(N)nc1-c1ccc(F)c(-c2noc(COc3ccccc3)n2)c1. The Morgan fingerprint density at radius 2 is 1.87 bits per heavy atom. The fourth-order valence-corrected chi connectivity index (χ4v) is 2.74. The van der Waals surface area contributed by atoms with E-state index in [-0.39, 0.29) is 46.9 Å². The van der Waals surface area contributed by atoms with Gasteiger partial charge in [0.25, 0.3) is 5.89 Å². The number of halogens is 1. The van der Waals surface area contributed by atoms with Crippen LogP contribution in [0.2, 0.25) is 0 Å². The minimum absolute atomic E-state index is 0.0227. The maximum Gasteiger partial charge on any atom is 0.264 e. The molecule has 0 radical (unpaired) electrons. The van der Waals surface area contributed by atoms with Gasteiger partial charge in [-0.15, -0.1) is 0 Å². The number of hydrogen-bond acceptors (Lipinski definition) is 9. The van der Waals surface area contributed by atoms with Crippen LogP contribution in [-0.4, -0.2) is 20.1 Å². The molecule has 2 heterocycles. The summed E-state index contributed by atoms with van der Waals surface area (Å²) in [6.07, 6.45) is 0. The van der Waals surface area contributed by atoms with Gasteiger partial charge in [0, 0.05) is 5.56 Å². The van der Waals surface area contributed by atoms with Crippen molar-refractivity contribution in [1.29, 1.82) is 5.26 Å². The molecule has 10 heteroatoms. The molecule has 4 aromatic rings. The highest BCUT2D eigenvalue weighted by Gasteiger charge is 2.18. The van der Waals surface area contributed by atoms with Crippen molar-refractivity contribution < 1.29 is 13.7 Å². The number of rotatable bonds is 5. The van der Waals surface area contributed by atoms with Gasteiger partial charge in [-0.2, -0.15) is 15.2 Å². The predicted octanol–water partition coefficient (Wildman–Crippen LogP) is 2.95. The lowest BCUT2D eigenvalue weighted by Crippen LogP contribution is -2.05. The molecule has 4 N–H and O–H groups in total. The monoisotopic (exact) mass is 403 g/mol. The Balaban J connectivity index is 1.65. The molecule has 9 nitrogen and oxygen atoms in total. The second-order valence-electron chi connectivity index (χ2n) is 6.11. The van der Waals surface area contributed by atoms with Crippen LogP contribution in [0.4, 0.5) is 16.2 Å². The summed E-state index contributed by atoms with van der Waals surface area (Å²) in [5, 5.41) is 13.2. The third kappa shape index (κ3) is 3.72. The molecule has 0 spiro atoms. The maximum atomic E-state index is 14.5. The number of anilines is 2. The van der Waals surface area contributed by atoms with E-state index < -0.39 is 5.82 Å². The molecule has 2 aromatic heterocycles. The van der Waals surface area contributed by atoms with Crippen molar-refractivity contribution in [2.45, 2.75) is 6.61 Å². The summed E-state index contributed by atoms with van der Waals surface area (Å²) in [6, 6.07) is 15.1. The first-order valence-electron chi connectivity index (χ1n) is 8.69. The summed E-state index contributed by atoms with van der Waals surface area (Å²) in [4.78, 5) is 12.0. The minimum atomic E-state index is -0.580. The summed E-state index contributed by atoms with van der Waals surface area (Å²) in [7, 11) is 0. The fourth-order valence-electron chi connectivity index (χ4n) is 2.74. The van der Waals surface area contributed by atoms with Gasteiger partial charge in [0.05, 0.1) is 11.3 Å². The Kier molecular flexibility index (Phi) is 4.92. The number of nitrogen functional groups attached to an aromatic ring is 2. The zero-order valence-corrected chi connectivity index (χ0v) is 15.4. The van der Waals surface area contributed by atoms with Crippen molar-refractivity contribution in [1.82, 2.24) is 20.1 Å². The van der Waals surface area contributed by atoms with Crippen molar-refractivity contribution in [3.63, 3.8) is 0 Å². The third-order valence-electron chi connectivity index (χ3n) is 4.12. The lowest BCUT2D eigenvalue weighted by Gasteiger charge is -2.08. The van der Waals surface area contributed by atoms with E-state index >= 15 is 0 Å². The predicted molar refractivity (Wildman–Crippen MR) is 105 cm³/mol. The molecule has 0 aliphatic heterocycles. The van der Waals surface area contributed by atoms with Crippen molar-refractivity contribution in [2.75, 3.05) is 11.5 Å². The largest absolute Gasteiger partial charge is 0.484 e. The van der Waals surface area contributed by atoms with Crippen LogP contribution >= 0.6 is 0 Å². The lowest BCUT2D eigenvalue weighted by atomic mass is 10.0. The molecular formula is C20H14FN7O2. The van der Waals surface area contributed by atoms with Crippen molar-refractivity contribution in [3.05, 3.63) is 65.8 Å². The number of hydrogen-bond donors (Lipinski definition) is 2. The summed E-state index contributed by atoms with van der Waals surface area (Å²) in [5.74, 6) is 0.0801. The molecule has 0 saturated carbocycles. The van der Waals surface area contributed by atoms with Crippen LogP contribution in [0.15, 0.2) is 53.1 Å². The molecule has 0 atom stereocenters. The minimum Gasteiger partial charge on any atom is -0.484 e. The molecule has 0 aliphatic rings. The summed E-state index contributed by atoms with van der Waals surface area (Å²) in [6.45, 7) is 0.0237. The average Bonchev–Trinajstić information content (AvgIpc) is 3.22. The van der Waals surface area contributed by atoms with Gasteiger partial charge in [-0.1, -0.05) is 23.4 Å². The number of aromatic nitrogens is 4. The Hall–Kier alpha value is -4.52. The van der Waals surface area contributed by atoms with E-state index in [9.17, 15) is 9.65 Å². The second kappa shape index (κ2) is 7.84. The Morgan fingerprint density at radius 3 is 2.63 bits per heavy atom. The van der Waals surface area contributed by atoms with Gasteiger partial charge < -0.3 is 20.7 Å². The van der Waals surface area contributed by atoms with E-state index in [0.717, 1.165) is 0 Å². The van der Waals surface area contributed by atoms with Crippen LogP contribution in [0.3, 0.4) is 0 Å². The molecule has 4 rings (SSSR count). The highest BCUT2D eigenvalue weighted by Crippen LogP contribution is 2.30. The van der Waals surface area contributed by atoms with Gasteiger partial charge in [-0.05, 0) is 30.3 Å². The van der Waals surface area contributed by atoms with Crippen molar-refractivity contribution in [3.8, 4) is 34.5 Å². The molecular weight excluding hydrogens is 389 g/mol. The highest BCUT2D eigenvalue weighted by molar-refractivity contribution is 5.76. The van der Waals surface area contributed by atoms with Crippen molar-refractivity contribution in [2.24, 2.45) is 0 Å². The van der Waals surface area contributed by atoms with E-state index in [0.29, 0.717) is 11.3 Å². The van der Waals surface area contributed by atoms with Gasteiger partial charge in [-0.3, -0.25) is 0 Å². The molecule has 2 aromatic carbocycles. The number of ether oxygens (including phenoxy) is 1. The molecule has 0 amide bonds. The third-order valence-corrected chi connectivity index (χ3v) is 4.12. The lowest BCUT2D eigenvalue weighted by molar-refractivity contribution is 0.243. The topological polar surface area (TPSA) is 150 Å². The Bertz CT molecular complexity index is 1250. The van der Waals surface area contributed by atoms with E-state index in [4.69, 9.17) is 20.7 Å². The normalized spacial score (nSPS) is 10.5. The van der Waals surface area contributed by atoms with Crippen molar-refractivity contribution >= 4 is 11.8 Å². The number of nitriles is 1. The first kappa shape index (κ1) is 18.8. The van der Waals surface area contributed by atoms with Crippen LogP contribution in [0.25, 0.3) is 22.6 Å². The van der Waals surface area contributed by atoms with E-state index in [2.05, 4.69) is 20.1 Å². The molecule has 0 saturated heterocycles. The van der Waals surface area contributed by atoms with Gasteiger partial charge >= 0.3 is 0 Å². The quantitative estimate of drug-likeness (QED) is 0.512. The van der Waals surface area contributed by atoms with E-state index in [1.54, 1.807) is 12.1 Å². The van der Waals surface area contributed by atoms with Crippen LogP contribution in [0, 0.1) is 17.1 Å². The standard InChI is InChI=1S/C20H14FN7O2/c21-15-7-6-11(17-14(9-22)18(23)27-20(24)26-17)8-13(15)19-25-16(30-28-19)10-29-12-4-2-1-3-5-12/h1-8H,10H2,(H4,23,24,26,27). The van der Waals surface area contributed by atoms with E-state index in [1.807, 2.05) is 24.3 Å². The average molecular weight is 403 g/mol. The first-order chi connectivity index (χ1) is 14.5. The highest BCUT2D eigenvalue weighted by atomic mass is 19.1. The smallest absolute Gasteiger partial charge is 0.264 e. The Labute approximate surface area is 169 Å². The van der Waals surface area contributed by atoms with Gasteiger partial charge in [0.15, 0.2) is 6.61 Å². The number of nitrogens with two attached hydrogens (primary N) is 2. The summed E-state index contributed by atoms with van der Waals surface area (Å²) >= 11 is 0. The van der Waals surface area contributed by atoms with Gasteiger partial charge in [0.2, 0.25) is 11.8 Å². The van der Waals surface area contributed by atoms with Crippen LogP contribution in [-0.2, 0) is 6.61 Å². The molecule has 0 fully saturated rings. The summed E-state index contributed by atoms with van der Waals surface area (Å²) < 4.78 is 25.2. The van der Waals surface area contributed by atoms with Crippen LogP contribution in [0.5, 0.6) is 5.75 Å². The zero-order chi connectivity index (χ0) is 21.1. The number of benzene rings is 2. The zero-order valence-electron chi connectivity index (χ0n) is 15.4. The molecule has 30 heavy (non-hydrogen) atoms. The fraction of sp³-hybridized carbons (Fsp3) is 0.0500. The molecule has 0 unspecified atom stereocenters. The molecule has 148 valence electrons. The van der Waals surface area contributed by atoms with Crippen LogP contribution in [0.1, 0.15) is 11.5 Å². The van der Waals surface area contributed by atoms with Gasteiger partial charge in [0.1, 0.15) is 29.0 Å². The first-order valence-corrected chi connectivity index (χ1v) is 8.69.